The Morgan fingerprint density at radius 3 is 2.37 bits per heavy atom. The summed E-state index contributed by atoms with van der Waals surface area (Å²) in [5, 5.41) is 5.56. The number of benzene rings is 1. The van der Waals surface area contributed by atoms with Crippen molar-refractivity contribution in [2.24, 2.45) is 0 Å². The summed E-state index contributed by atoms with van der Waals surface area (Å²) in [4.78, 5) is 30.3. The van der Waals surface area contributed by atoms with Gasteiger partial charge in [-0.3, -0.25) is 4.79 Å². The Labute approximate surface area is 159 Å². The first-order valence-corrected chi connectivity index (χ1v) is 8.65. The maximum absolute atomic E-state index is 12.5. The van der Waals surface area contributed by atoms with Crippen molar-refractivity contribution in [3.8, 4) is 0 Å². The lowest BCUT2D eigenvalue weighted by molar-refractivity contribution is 0.0523. The minimum atomic E-state index is -0.538. The van der Waals surface area contributed by atoms with Crippen LogP contribution in [0.4, 0.5) is 16.3 Å². The first-order valence-electron chi connectivity index (χ1n) is 8.65. The third-order valence-corrected chi connectivity index (χ3v) is 3.51. The average molecular weight is 370 g/mol. The molecule has 0 fully saturated rings. The maximum Gasteiger partial charge on any atom is 0.407 e. The molecule has 1 aromatic carbocycles. The first kappa shape index (κ1) is 20.2. The van der Waals surface area contributed by atoms with Crippen molar-refractivity contribution in [2.75, 3.05) is 24.3 Å². The number of anilines is 2. The van der Waals surface area contributed by atoms with E-state index in [1.165, 1.54) is 0 Å². The molecule has 1 aromatic heterocycles. The van der Waals surface area contributed by atoms with E-state index in [1.807, 2.05) is 39.8 Å². The van der Waals surface area contributed by atoms with E-state index in [0.29, 0.717) is 23.6 Å². The Bertz CT molecular complexity index is 796. The van der Waals surface area contributed by atoms with Crippen LogP contribution in [-0.2, 0) is 11.3 Å². The number of hydrogen-bond donors (Lipinski definition) is 2. The fourth-order valence-corrected chi connectivity index (χ4v) is 2.31. The number of rotatable bonds is 5. The van der Waals surface area contributed by atoms with Crippen molar-refractivity contribution in [1.82, 2.24) is 10.3 Å². The van der Waals surface area contributed by atoms with Crippen LogP contribution in [0.2, 0.25) is 0 Å². The summed E-state index contributed by atoms with van der Waals surface area (Å²) in [6.45, 7) is 5.75. The van der Waals surface area contributed by atoms with Gasteiger partial charge in [0.25, 0.3) is 5.91 Å². The summed E-state index contributed by atoms with van der Waals surface area (Å²) in [6.07, 6.45) is 1.20. The molecule has 1 heterocycles. The largest absolute Gasteiger partial charge is 0.444 e. The molecular weight excluding hydrogens is 344 g/mol. The lowest BCUT2D eigenvalue weighted by Crippen LogP contribution is -2.32. The quantitative estimate of drug-likeness (QED) is 0.842. The van der Waals surface area contributed by atoms with Gasteiger partial charge in [0.2, 0.25) is 0 Å². The molecule has 0 unspecified atom stereocenters. The zero-order valence-electron chi connectivity index (χ0n) is 16.4. The second-order valence-corrected chi connectivity index (χ2v) is 7.28. The molecule has 27 heavy (non-hydrogen) atoms. The highest BCUT2D eigenvalue weighted by Crippen LogP contribution is 2.21. The van der Waals surface area contributed by atoms with E-state index in [-0.39, 0.29) is 5.91 Å². The lowest BCUT2D eigenvalue weighted by Gasteiger charge is -2.19. The molecule has 2 rings (SSSR count). The molecule has 7 nitrogen and oxygen atoms in total. The Morgan fingerprint density at radius 2 is 1.78 bits per heavy atom. The number of pyridine rings is 1. The number of amides is 2. The van der Waals surface area contributed by atoms with E-state index < -0.39 is 11.7 Å². The lowest BCUT2D eigenvalue weighted by atomic mass is 10.1. The van der Waals surface area contributed by atoms with Crippen LogP contribution in [0.25, 0.3) is 0 Å². The molecule has 2 amide bonds. The highest BCUT2D eigenvalue weighted by atomic mass is 16.6. The number of nitrogens with zero attached hydrogens (tertiary/aromatic N) is 2. The van der Waals surface area contributed by atoms with Crippen LogP contribution >= 0.6 is 0 Å². The topological polar surface area (TPSA) is 83.6 Å². The molecule has 0 spiro atoms. The van der Waals surface area contributed by atoms with Crippen molar-refractivity contribution < 1.29 is 14.3 Å². The van der Waals surface area contributed by atoms with Gasteiger partial charge in [0.15, 0.2) is 5.82 Å². The van der Waals surface area contributed by atoms with E-state index in [0.717, 1.165) is 5.56 Å². The Balaban J connectivity index is 1.97. The zero-order chi connectivity index (χ0) is 20.0. The van der Waals surface area contributed by atoms with Gasteiger partial charge < -0.3 is 20.3 Å². The summed E-state index contributed by atoms with van der Waals surface area (Å²) in [5.74, 6) is 0.460. The van der Waals surface area contributed by atoms with Gasteiger partial charge in [0.05, 0.1) is 5.69 Å². The van der Waals surface area contributed by atoms with Crippen LogP contribution in [-0.4, -0.2) is 36.7 Å². The smallest absolute Gasteiger partial charge is 0.407 e. The molecule has 0 aliphatic rings. The second-order valence-electron chi connectivity index (χ2n) is 7.28. The number of nitrogens with one attached hydrogen (secondary N) is 2. The average Bonchev–Trinajstić information content (AvgIpc) is 2.59. The van der Waals surface area contributed by atoms with Crippen LogP contribution in [0.1, 0.15) is 36.7 Å². The zero-order valence-corrected chi connectivity index (χ0v) is 16.4. The van der Waals surface area contributed by atoms with E-state index in [9.17, 15) is 9.59 Å². The molecule has 0 atom stereocenters. The second kappa shape index (κ2) is 8.53. The molecule has 0 saturated carbocycles. The summed E-state index contributed by atoms with van der Waals surface area (Å²) < 4.78 is 5.19. The van der Waals surface area contributed by atoms with Gasteiger partial charge in [-0.1, -0.05) is 12.1 Å². The number of ether oxygens (including phenoxy) is 1. The van der Waals surface area contributed by atoms with Crippen LogP contribution in [0.3, 0.4) is 0 Å². The van der Waals surface area contributed by atoms with Gasteiger partial charge in [-0.2, -0.15) is 0 Å². The fraction of sp³-hybridized carbons (Fsp3) is 0.350. The van der Waals surface area contributed by atoms with Crippen LogP contribution in [0.15, 0.2) is 42.6 Å². The monoisotopic (exact) mass is 370 g/mol. The molecule has 0 bridgehead atoms. The predicted molar refractivity (Wildman–Crippen MR) is 106 cm³/mol. The molecule has 0 radical (unpaired) electrons. The SMILES string of the molecule is CN(C)c1ncccc1NC(=O)c1ccc(CNC(=O)OC(C)(C)C)cc1. The highest BCUT2D eigenvalue weighted by molar-refractivity contribution is 6.05. The summed E-state index contributed by atoms with van der Waals surface area (Å²) >= 11 is 0. The minimum absolute atomic E-state index is 0.224. The van der Waals surface area contributed by atoms with Crippen LogP contribution in [0, 0.1) is 0 Å². The molecule has 0 saturated heterocycles. The van der Waals surface area contributed by atoms with Gasteiger partial charge in [0, 0.05) is 32.4 Å². The van der Waals surface area contributed by atoms with E-state index in [4.69, 9.17) is 4.74 Å². The predicted octanol–water partition coefficient (Wildman–Crippen LogP) is 3.42. The first-order chi connectivity index (χ1) is 12.7. The molecule has 2 N–H and O–H groups in total. The number of aromatic nitrogens is 1. The van der Waals surface area contributed by atoms with Crippen molar-refractivity contribution in [3.63, 3.8) is 0 Å². The number of carbonyl (C=O) groups excluding carboxylic acids is 2. The number of alkyl carbamates (subject to hydrolysis) is 1. The number of carbonyl (C=O) groups is 2. The maximum atomic E-state index is 12.5. The molecular formula is C20H26N4O3. The molecule has 2 aromatic rings. The van der Waals surface area contributed by atoms with Gasteiger partial charge in [-0.25, -0.2) is 9.78 Å². The van der Waals surface area contributed by atoms with Crippen LogP contribution < -0.4 is 15.5 Å². The van der Waals surface area contributed by atoms with Crippen molar-refractivity contribution in [1.29, 1.82) is 0 Å². The summed E-state index contributed by atoms with van der Waals surface area (Å²) in [7, 11) is 3.73. The fourth-order valence-electron chi connectivity index (χ4n) is 2.31. The van der Waals surface area contributed by atoms with Crippen molar-refractivity contribution in [2.45, 2.75) is 32.9 Å². The molecule has 7 heteroatoms. The summed E-state index contributed by atoms with van der Waals surface area (Å²) in [6, 6.07) is 10.6. The minimum Gasteiger partial charge on any atom is -0.444 e. The Kier molecular flexibility index (Phi) is 6.39. The van der Waals surface area contributed by atoms with Crippen LogP contribution in [0.5, 0.6) is 0 Å². The third-order valence-electron chi connectivity index (χ3n) is 3.51. The van der Waals surface area contributed by atoms with Gasteiger partial charge in [0.1, 0.15) is 5.60 Å². The van der Waals surface area contributed by atoms with Crippen molar-refractivity contribution >= 4 is 23.5 Å². The van der Waals surface area contributed by atoms with E-state index >= 15 is 0 Å². The Hall–Kier alpha value is -3.09. The highest BCUT2D eigenvalue weighted by Gasteiger charge is 2.16. The molecule has 144 valence electrons. The third kappa shape index (κ3) is 6.29. The van der Waals surface area contributed by atoms with E-state index in [2.05, 4.69) is 15.6 Å². The van der Waals surface area contributed by atoms with Gasteiger partial charge in [-0.05, 0) is 50.6 Å². The molecule has 0 aliphatic heterocycles. The van der Waals surface area contributed by atoms with Gasteiger partial charge >= 0.3 is 6.09 Å². The van der Waals surface area contributed by atoms with E-state index in [1.54, 1.807) is 42.6 Å². The number of hydrogen-bond acceptors (Lipinski definition) is 5. The standard InChI is InChI=1S/C20H26N4O3/c1-20(2,3)27-19(26)22-13-14-8-10-15(11-9-14)18(25)23-16-7-6-12-21-17(16)24(4)5/h6-12H,13H2,1-5H3,(H,22,26)(H,23,25). The Morgan fingerprint density at radius 1 is 1.11 bits per heavy atom. The normalized spacial score (nSPS) is 10.9. The van der Waals surface area contributed by atoms with Crippen molar-refractivity contribution in [3.05, 3.63) is 53.7 Å². The molecule has 0 aliphatic carbocycles. The summed E-state index contributed by atoms with van der Waals surface area (Å²) in [5.41, 5.74) is 1.49. The van der Waals surface area contributed by atoms with Gasteiger partial charge in [-0.15, -0.1) is 0 Å².